The van der Waals surface area contributed by atoms with Crippen molar-refractivity contribution in [2.75, 3.05) is 18.4 Å². The van der Waals surface area contributed by atoms with Gasteiger partial charge in [0.2, 0.25) is 0 Å². The Labute approximate surface area is 156 Å². The minimum atomic E-state index is 0.555. The summed E-state index contributed by atoms with van der Waals surface area (Å²) in [5, 5.41) is 9.37. The minimum Gasteiger partial charge on any atom is -0.489 e. The molecular weight excluding hydrogens is 344 g/mol. The van der Waals surface area contributed by atoms with Crippen molar-refractivity contribution in [3.8, 4) is 17.0 Å². The van der Waals surface area contributed by atoms with Crippen molar-refractivity contribution in [2.24, 2.45) is 4.99 Å². The first-order chi connectivity index (χ1) is 12.9. The number of guanidine groups is 1. The summed E-state index contributed by atoms with van der Waals surface area (Å²) in [5.74, 6) is 1.64. The van der Waals surface area contributed by atoms with Crippen LogP contribution in [0.1, 0.15) is 12.0 Å². The smallest absolute Gasteiger partial charge is 0.197 e. The zero-order chi connectivity index (χ0) is 17.6. The van der Waals surface area contributed by atoms with Gasteiger partial charge in [0.1, 0.15) is 12.4 Å². The van der Waals surface area contributed by atoms with Gasteiger partial charge in [0, 0.05) is 24.0 Å². The van der Waals surface area contributed by atoms with Crippen LogP contribution in [0.2, 0.25) is 0 Å². The van der Waals surface area contributed by atoms with Gasteiger partial charge in [0.15, 0.2) is 11.1 Å². The molecule has 0 bridgehead atoms. The van der Waals surface area contributed by atoms with Crippen molar-refractivity contribution in [3.05, 3.63) is 65.5 Å². The molecule has 0 atom stereocenters. The topological polar surface area (TPSA) is 58.5 Å². The first-order valence-electron chi connectivity index (χ1n) is 8.65. The third-order valence-corrected chi connectivity index (χ3v) is 4.76. The van der Waals surface area contributed by atoms with Gasteiger partial charge in [-0.05, 0) is 24.1 Å². The van der Waals surface area contributed by atoms with Gasteiger partial charge < -0.3 is 15.4 Å². The van der Waals surface area contributed by atoms with Crippen LogP contribution in [-0.2, 0) is 6.61 Å². The van der Waals surface area contributed by atoms with Gasteiger partial charge in [-0.2, -0.15) is 0 Å². The van der Waals surface area contributed by atoms with E-state index < -0.39 is 0 Å². The van der Waals surface area contributed by atoms with E-state index in [0.717, 1.165) is 53.2 Å². The van der Waals surface area contributed by atoms with Crippen molar-refractivity contribution in [1.29, 1.82) is 0 Å². The molecular formula is C20H20N4OS. The normalized spacial score (nSPS) is 13.6. The maximum Gasteiger partial charge on any atom is 0.197 e. The molecule has 0 unspecified atom stereocenters. The standard InChI is InChI=1S/C20H20N4OS/c1-2-6-15(7-3-1)13-25-17-9-4-8-16(12-17)18-14-26-20(23-18)24-19-21-10-5-11-22-19/h1-4,6-9,12,14H,5,10-11,13H2,(H2,21,22,23,24). The summed E-state index contributed by atoms with van der Waals surface area (Å²) in [6.07, 6.45) is 1.07. The van der Waals surface area contributed by atoms with E-state index in [-0.39, 0.29) is 0 Å². The van der Waals surface area contributed by atoms with Crippen molar-refractivity contribution in [1.82, 2.24) is 10.3 Å². The number of aliphatic imine (C=N–C) groups is 1. The van der Waals surface area contributed by atoms with E-state index in [1.807, 2.05) is 47.8 Å². The van der Waals surface area contributed by atoms with Crippen LogP contribution in [0.4, 0.5) is 5.13 Å². The molecule has 0 saturated carbocycles. The van der Waals surface area contributed by atoms with Crippen LogP contribution in [0, 0.1) is 0 Å². The number of anilines is 1. The monoisotopic (exact) mass is 364 g/mol. The van der Waals surface area contributed by atoms with E-state index >= 15 is 0 Å². The highest BCUT2D eigenvalue weighted by molar-refractivity contribution is 7.14. The second-order valence-electron chi connectivity index (χ2n) is 5.98. The van der Waals surface area contributed by atoms with E-state index in [2.05, 4.69) is 32.7 Å². The van der Waals surface area contributed by atoms with Gasteiger partial charge in [-0.15, -0.1) is 11.3 Å². The van der Waals surface area contributed by atoms with Gasteiger partial charge >= 0.3 is 0 Å². The Morgan fingerprint density at radius 2 is 2.04 bits per heavy atom. The Morgan fingerprint density at radius 1 is 1.12 bits per heavy atom. The summed E-state index contributed by atoms with van der Waals surface area (Å²) in [7, 11) is 0. The first kappa shape index (κ1) is 16.6. The Hall–Kier alpha value is -2.86. The predicted octanol–water partition coefficient (Wildman–Crippen LogP) is 4.15. The second-order valence-corrected chi connectivity index (χ2v) is 6.83. The van der Waals surface area contributed by atoms with Crippen LogP contribution < -0.4 is 15.4 Å². The number of nitrogens with zero attached hydrogens (tertiary/aromatic N) is 2. The molecule has 0 radical (unpaired) electrons. The number of hydrogen-bond acceptors (Lipinski definition) is 6. The molecule has 0 fully saturated rings. The summed E-state index contributed by atoms with van der Waals surface area (Å²) in [6.45, 7) is 2.36. The third kappa shape index (κ3) is 4.21. The van der Waals surface area contributed by atoms with Crippen LogP contribution in [0.5, 0.6) is 5.75 Å². The fraction of sp³-hybridized carbons (Fsp3) is 0.200. The average molecular weight is 364 g/mol. The van der Waals surface area contributed by atoms with E-state index in [4.69, 9.17) is 4.74 Å². The number of benzene rings is 2. The van der Waals surface area contributed by atoms with Gasteiger partial charge in [-0.25, -0.2) is 4.98 Å². The maximum absolute atomic E-state index is 5.91. The summed E-state index contributed by atoms with van der Waals surface area (Å²) >= 11 is 1.57. The molecule has 6 heteroatoms. The fourth-order valence-electron chi connectivity index (χ4n) is 2.67. The number of thiazole rings is 1. The summed E-state index contributed by atoms with van der Waals surface area (Å²) in [6, 6.07) is 18.2. The zero-order valence-corrected chi connectivity index (χ0v) is 15.1. The quantitative estimate of drug-likeness (QED) is 0.714. The zero-order valence-electron chi connectivity index (χ0n) is 14.3. The van der Waals surface area contributed by atoms with Crippen molar-refractivity contribution in [2.45, 2.75) is 13.0 Å². The highest BCUT2D eigenvalue weighted by atomic mass is 32.1. The van der Waals surface area contributed by atoms with E-state index in [1.165, 1.54) is 0 Å². The largest absolute Gasteiger partial charge is 0.489 e. The predicted molar refractivity (Wildman–Crippen MR) is 107 cm³/mol. The molecule has 0 saturated heterocycles. The molecule has 2 aromatic carbocycles. The van der Waals surface area contributed by atoms with Crippen LogP contribution in [0.25, 0.3) is 11.3 Å². The first-order valence-corrected chi connectivity index (χ1v) is 9.53. The molecule has 1 aliphatic rings. The molecule has 1 aromatic heterocycles. The molecule has 2 N–H and O–H groups in total. The number of ether oxygens (including phenoxy) is 1. The number of rotatable bonds is 5. The fourth-order valence-corrected chi connectivity index (χ4v) is 3.39. The van der Waals surface area contributed by atoms with E-state index in [9.17, 15) is 0 Å². The molecule has 5 nitrogen and oxygen atoms in total. The van der Waals surface area contributed by atoms with Crippen LogP contribution in [0.3, 0.4) is 0 Å². The summed E-state index contributed by atoms with van der Waals surface area (Å²) in [5.41, 5.74) is 3.12. The van der Waals surface area contributed by atoms with E-state index in [1.54, 1.807) is 11.3 Å². The Bertz CT molecular complexity index is 892. The number of aromatic nitrogens is 1. The van der Waals surface area contributed by atoms with Crippen molar-refractivity contribution < 1.29 is 4.74 Å². The molecule has 2 heterocycles. The van der Waals surface area contributed by atoms with E-state index in [0.29, 0.717) is 6.61 Å². The Morgan fingerprint density at radius 3 is 2.88 bits per heavy atom. The van der Waals surface area contributed by atoms with Gasteiger partial charge in [-0.3, -0.25) is 4.99 Å². The average Bonchev–Trinajstić information content (AvgIpc) is 3.17. The van der Waals surface area contributed by atoms with Gasteiger partial charge in [0.25, 0.3) is 0 Å². The Balaban J connectivity index is 1.43. The maximum atomic E-state index is 5.91. The molecule has 26 heavy (non-hydrogen) atoms. The van der Waals surface area contributed by atoms with Crippen LogP contribution in [0.15, 0.2) is 65.0 Å². The number of hydrogen-bond donors (Lipinski definition) is 2. The SMILES string of the molecule is c1ccc(COc2cccc(-c3csc(NC4=NCCCN4)n3)c2)cc1. The highest BCUT2D eigenvalue weighted by Crippen LogP contribution is 2.28. The molecule has 0 spiro atoms. The summed E-state index contributed by atoms with van der Waals surface area (Å²) in [4.78, 5) is 9.08. The highest BCUT2D eigenvalue weighted by Gasteiger charge is 2.09. The minimum absolute atomic E-state index is 0.555. The summed E-state index contributed by atoms with van der Waals surface area (Å²) < 4.78 is 5.91. The van der Waals surface area contributed by atoms with Gasteiger partial charge in [-0.1, -0.05) is 42.5 Å². The molecule has 0 amide bonds. The lowest BCUT2D eigenvalue weighted by Crippen LogP contribution is -2.35. The molecule has 0 aliphatic carbocycles. The molecule has 132 valence electrons. The lowest BCUT2D eigenvalue weighted by Gasteiger charge is -2.14. The Kier molecular flexibility index (Phi) is 5.12. The van der Waals surface area contributed by atoms with Crippen molar-refractivity contribution >= 4 is 22.4 Å². The molecule has 4 rings (SSSR count). The van der Waals surface area contributed by atoms with Crippen LogP contribution in [-0.4, -0.2) is 24.0 Å². The van der Waals surface area contributed by atoms with Crippen molar-refractivity contribution in [3.63, 3.8) is 0 Å². The third-order valence-electron chi connectivity index (χ3n) is 4.00. The van der Waals surface area contributed by atoms with Crippen LogP contribution >= 0.6 is 11.3 Å². The second kappa shape index (κ2) is 8.01. The lowest BCUT2D eigenvalue weighted by molar-refractivity contribution is 0.306. The molecule has 1 aliphatic heterocycles. The lowest BCUT2D eigenvalue weighted by atomic mass is 10.1. The molecule has 3 aromatic rings. The van der Waals surface area contributed by atoms with Gasteiger partial charge in [0.05, 0.1) is 5.69 Å². The number of nitrogens with one attached hydrogen (secondary N) is 2.